The summed E-state index contributed by atoms with van der Waals surface area (Å²) in [7, 11) is 0. The topological polar surface area (TPSA) is 0 Å². The van der Waals surface area contributed by atoms with Crippen LogP contribution < -0.4 is 0 Å². The van der Waals surface area contributed by atoms with Gasteiger partial charge in [0.15, 0.2) is 0 Å². The van der Waals surface area contributed by atoms with E-state index in [9.17, 15) is 8.78 Å². The van der Waals surface area contributed by atoms with E-state index in [2.05, 4.69) is 0 Å². The van der Waals surface area contributed by atoms with Crippen LogP contribution in [0.3, 0.4) is 0 Å². The highest BCUT2D eigenvalue weighted by atomic mass is 35.5. The number of hydrogen-bond acceptors (Lipinski definition) is 0. The van der Waals surface area contributed by atoms with Gasteiger partial charge in [-0.25, -0.2) is 8.78 Å². The van der Waals surface area contributed by atoms with Gasteiger partial charge in [0.05, 0.1) is 0 Å². The highest BCUT2D eigenvalue weighted by Crippen LogP contribution is 2.22. The number of halogens is 4. The van der Waals surface area contributed by atoms with Crippen LogP contribution in [0.2, 0.25) is 10.0 Å². The first-order valence-electron chi connectivity index (χ1n) is 3.81. The van der Waals surface area contributed by atoms with E-state index in [1.807, 2.05) is 0 Å². The van der Waals surface area contributed by atoms with Gasteiger partial charge in [0.25, 0.3) is 0 Å². The van der Waals surface area contributed by atoms with Crippen LogP contribution in [0.25, 0.3) is 0 Å². The van der Waals surface area contributed by atoms with Crippen molar-refractivity contribution in [1.29, 1.82) is 0 Å². The van der Waals surface area contributed by atoms with Gasteiger partial charge in [0.2, 0.25) is 6.43 Å². The molecule has 0 aliphatic rings. The summed E-state index contributed by atoms with van der Waals surface area (Å²) < 4.78 is 23.8. The van der Waals surface area contributed by atoms with Gasteiger partial charge in [0.1, 0.15) is 0 Å². The molecule has 0 nitrogen and oxygen atoms in total. The molecule has 0 atom stereocenters. The first-order valence-corrected chi connectivity index (χ1v) is 4.57. The third-order valence-corrected chi connectivity index (χ3v) is 2.24. The lowest BCUT2D eigenvalue weighted by molar-refractivity contribution is 0.138. The Morgan fingerprint density at radius 2 is 1.92 bits per heavy atom. The summed E-state index contributed by atoms with van der Waals surface area (Å²) in [5.41, 5.74) is 0.675. The smallest absolute Gasteiger partial charge is 0.211 e. The lowest BCUT2D eigenvalue weighted by Crippen LogP contribution is -1.94. The Bertz CT molecular complexity index is 287. The number of alkyl halides is 2. The second-order valence-electron chi connectivity index (χ2n) is 2.67. The Morgan fingerprint density at radius 3 is 2.54 bits per heavy atom. The average molecular weight is 225 g/mol. The summed E-state index contributed by atoms with van der Waals surface area (Å²) in [6.45, 7) is 0. The third kappa shape index (κ3) is 3.49. The molecule has 0 fully saturated rings. The highest BCUT2D eigenvalue weighted by Gasteiger charge is 2.06. The molecule has 0 aliphatic heterocycles. The average Bonchev–Trinajstić information content (AvgIpc) is 2.06. The van der Waals surface area contributed by atoms with Gasteiger partial charge < -0.3 is 0 Å². The van der Waals surface area contributed by atoms with Gasteiger partial charge in [-0.1, -0.05) is 23.2 Å². The molecule has 1 aromatic rings. The molecule has 4 heteroatoms. The van der Waals surface area contributed by atoms with Crippen molar-refractivity contribution in [2.45, 2.75) is 19.3 Å². The summed E-state index contributed by atoms with van der Waals surface area (Å²) >= 11 is 11.5. The van der Waals surface area contributed by atoms with Crippen LogP contribution in [0.15, 0.2) is 18.2 Å². The van der Waals surface area contributed by atoms with Crippen molar-refractivity contribution >= 4 is 23.2 Å². The first-order chi connectivity index (χ1) is 6.09. The molecule has 72 valence electrons. The predicted octanol–water partition coefficient (Wildman–Crippen LogP) is 4.19. The minimum absolute atomic E-state index is 0.180. The summed E-state index contributed by atoms with van der Waals surface area (Å²) in [5.74, 6) is 0. The number of hydrogen-bond donors (Lipinski definition) is 0. The summed E-state index contributed by atoms with van der Waals surface area (Å²) in [6.07, 6.45) is -2.22. The minimum Gasteiger partial charge on any atom is -0.211 e. The first kappa shape index (κ1) is 10.7. The van der Waals surface area contributed by atoms with Crippen molar-refractivity contribution in [3.8, 4) is 0 Å². The van der Waals surface area contributed by atoms with Crippen LogP contribution in [-0.2, 0) is 6.42 Å². The van der Waals surface area contributed by atoms with Crippen molar-refractivity contribution in [1.82, 2.24) is 0 Å². The maximum absolute atomic E-state index is 11.9. The molecule has 0 N–H and O–H groups in total. The predicted molar refractivity (Wildman–Crippen MR) is 50.8 cm³/mol. The van der Waals surface area contributed by atoms with E-state index < -0.39 is 6.43 Å². The zero-order valence-corrected chi connectivity index (χ0v) is 8.25. The SMILES string of the molecule is FC(F)CCc1cc(Cl)ccc1Cl. The van der Waals surface area contributed by atoms with Gasteiger partial charge >= 0.3 is 0 Å². The molecule has 1 rings (SSSR count). The molecule has 0 spiro atoms. The van der Waals surface area contributed by atoms with E-state index in [-0.39, 0.29) is 12.8 Å². The molecule has 0 aromatic heterocycles. The van der Waals surface area contributed by atoms with Crippen LogP contribution in [-0.4, -0.2) is 6.43 Å². The van der Waals surface area contributed by atoms with E-state index in [0.29, 0.717) is 15.6 Å². The largest absolute Gasteiger partial charge is 0.239 e. The maximum atomic E-state index is 11.9. The molecule has 0 heterocycles. The lowest BCUT2D eigenvalue weighted by atomic mass is 10.1. The van der Waals surface area contributed by atoms with Crippen LogP contribution >= 0.6 is 23.2 Å². The zero-order valence-electron chi connectivity index (χ0n) is 6.74. The lowest BCUT2D eigenvalue weighted by Gasteiger charge is -2.03. The van der Waals surface area contributed by atoms with Gasteiger partial charge in [-0.3, -0.25) is 0 Å². The number of rotatable bonds is 3. The van der Waals surface area contributed by atoms with Crippen LogP contribution in [0.4, 0.5) is 8.78 Å². The maximum Gasteiger partial charge on any atom is 0.239 e. The summed E-state index contributed by atoms with van der Waals surface area (Å²) in [4.78, 5) is 0. The minimum atomic E-state index is -2.30. The highest BCUT2D eigenvalue weighted by molar-refractivity contribution is 6.33. The van der Waals surface area contributed by atoms with Gasteiger partial charge in [-0.2, -0.15) is 0 Å². The zero-order chi connectivity index (χ0) is 9.84. The molecule has 0 radical (unpaired) electrons. The molecular formula is C9H8Cl2F2. The molecular weight excluding hydrogens is 217 g/mol. The van der Waals surface area contributed by atoms with Gasteiger partial charge in [-0.15, -0.1) is 0 Å². The summed E-state index contributed by atoms with van der Waals surface area (Å²) in [5, 5.41) is 1.01. The van der Waals surface area contributed by atoms with Crippen LogP contribution in [0.5, 0.6) is 0 Å². The Labute approximate surface area is 85.5 Å². The fourth-order valence-corrected chi connectivity index (χ4v) is 1.41. The normalized spacial score (nSPS) is 10.8. The van der Waals surface area contributed by atoms with Crippen LogP contribution in [0, 0.1) is 0 Å². The van der Waals surface area contributed by atoms with Gasteiger partial charge in [-0.05, 0) is 30.2 Å². The Morgan fingerprint density at radius 1 is 1.23 bits per heavy atom. The molecule has 0 saturated heterocycles. The monoisotopic (exact) mass is 224 g/mol. The summed E-state index contributed by atoms with van der Waals surface area (Å²) in [6, 6.07) is 4.87. The van der Waals surface area contributed by atoms with Crippen molar-refractivity contribution < 1.29 is 8.78 Å². The second kappa shape index (κ2) is 4.77. The molecule has 13 heavy (non-hydrogen) atoms. The fraction of sp³-hybridized carbons (Fsp3) is 0.333. The Hall–Kier alpha value is -0.340. The molecule has 1 aromatic carbocycles. The Kier molecular flexibility index (Phi) is 3.94. The third-order valence-electron chi connectivity index (χ3n) is 1.64. The number of aryl methyl sites for hydroxylation is 1. The van der Waals surface area contributed by atoms with Gasteiger partial charge in [0, 0.05) is 16.5 Å². The van der Waals surface area contributed by atoms with E-state index in [1.54, 1.807) is 18.2 Å². The number of benzene rings is 1. The van der Waals surface area contributed by atoms with Crippen LogP contribution in [0.1, 0.15) is 12.0 Å². The van der Waals surface area contributed by atoms with E-state index in [0.717, 1.165) is 0 Å². The van der Waals surface area contributed by atoms with Crippen molar-refractivity contribution in [2.75, 3.05) is 0 Å². The standard InChI is InChI=1S/C9H8Cl2F2/c10-7-2-3-8(11)6(5-7)1-4-9(12)13/h2-3,5,9H,1,4H2. The van der Waals surface area contributed by atoms with Crippen molar-refractivity contribution in [3.63, 3.8) is 0 Å². The molecule has 0 bridgehead atoms. The van der Waals surface area contributed by atoms with E-state index in [1.165, 1.54) is 0 Å². The van der Waals surface area contributed by atoms with E-state index >= 15 is 0 Å². The fourth-order valence-electron chi connectivity index (χ4n) is 1.000. The Balaban J connectivity index is 2.70. The molecule has 0 amide bonds. The molecule has 0 aliphatic carbocycles. The van der Waals surface area contributed by atoms with Crippen molar-refractivity contribution in [3.05, 3.63) is 33.8 Å². The molecule has 0 saturated carbocycles. The van der Waals surface area contributed by atoms with E-state index in [4.69, 9.17) is 23.2 Å². The van der Waals surface area contributed by atoms with Crippen molar-refractivity contribution in [2.24, 2.45) is 0 Å². The quantitative estimate of drug-likeness (QED) is 0.723. The molecule has 0 unspecified atom stereocenters. The second-order valence-corrected chi connectivity index (χ2v) is 3.51.